The minimum absolute atomic E-state index is 0.808. The molecule has 0 aliphatic rings. The van der Waals surface area contributed by atoms with Crippen molar-refractivity contribution in [3.05, 3.63) is 84.4 Å². The average Bonchev–Trinajstić information content (AvgIpc) is 2.68. The molecule has 0 radical (unpaired) electrons. The summed E-state index contributed by atoms with van der Waals surface area (Å²) < 4.78 is 5.49. The highest BCUT2D eigenvalue weighted by Crippen LogP contribution is 2.26. The van der Waals surface area contributed by atoms with Crippen LogP contribution in [-0.4, -0.2) is 13.3 Å². The van der Waals surface area contributed by atoms with E-state index in [-0.39, 0.29) is 0 Å². The molecule has 25 heavy (non-hydrogen) atoms. The maximum atomic E-state index is 5.49. The van der Waals surface area contributed by atoms with E-state index in [9.17, 15) is 0 Å². The second-order valence-corrected chi connectivity index (χ2v) is 5.83. The van der Waals surface area contributed by atoms with Crippen LogP contribution in [0.4, 0.5) is 5.69 Å². The molecule has 0 amide bonds. The van der Waals surface area contributed by atoms with Gasteiger partial charge in [-0.1, -0.05) is 60.7 Å². The van der Waals surface area contributed by atoms with Gasteiger partial charge in [-0.3, -0.25) is 5.43 Å². The molecule has 0 fully saturated rings. The number of methoxy groups -OCH3 is 1. The first-order chi connectivity index (χ1) is 12.3. The van der Waals surface area contributed by atoms with Gasteiger partial charge >= 0.3 is 0 Å². The maximum Gasteiger partial charge on any atom is 0.128 e. The largest absolute Gasteiger partial charge is 0.496 e. The molecule has 4 rings (SSSR count). The fourth-order valence-corrected chi connectivity index (χ4v) is 3.02. The van der Waals surface area contributed by atoms with E-state index >= 15 is 0 Å². The highest BCUT2D eigenvalue weighted by Gasteiger charge is 2.05. The first-order valence-corrected chi connectivity index (χ1v) is 8.19. The Kier molecular flexibility index (Phi) is 4.05. The van der Waals surface area contributed by atoms with Crippen LogP contribution in [0.3, 0.4) is 0 Å². The molecule has 0 aliphatic carbocycles. The highest BCUT2D eigenvalue weighted by molar-refractivity contribution is 6.02. The average molecular weight is 326 g/mol. The third-order valence-electron chi connectivity index (χ3n) is 4.29. The quantitative estimate of drug-likeness (QED) is 0.400. The smallest absolute Gasteiger partial charge is 0.128 e. The lowest BCUT2D eigenvalue weighted by atomic mass is 10.0. The Labute approximate surface area is 146 Å². The molecule has 3 heteroatoms. The zero-order chi connectivity index (χ0) is 17.1. The number of anilines is 1. The van der Waals surface area contributed by atoms with Gasteiger partial charge in [0.15, 0.2) is 0 Å². The van der Waals surface area contributed by atoms with Gasteiger partial charge in [-0.05, 0) is 39.7 Å². The molecule has 1 N–H and O–H groups in total. The summed E-state index contributed by atoms with van der Waals surface area (Å²) >= 11 is 0. The summed E-state index contributed by atoms with van der Waals surface area (Å²) in [5.74, 6) is 0.808. The van der Waals surface area contributed by atoms with Crippen molar-refractivity contribution in [2.45, 2.75) is 0 Å². The predicted octanol–water partition coefficient (Wildman–Crippen LogP) is 5.45. The van der Waals surface area contributed by atoms with Crippen molar-refractivity contribution in [1.82, 2.24) is 0 Å². The number of hydrogen-bond acceptors (Lipinski definition) is 3. The predicted molar refractivity (Wildman–Crippen MR) is 106 cm³/mol. The molecule has 0 unspecified atom stereocenters. The molecule has 0 atom stereocenters. The van der Waals surface area contributed by atoms with E-state index < -0.39 is 0 Å². The van der Waals surface area contributed by atoms with Gasteiger partial charge in [0.25, 0.3) is 0 Å². The fourth-order valence-electron chi connectivity index (χ4n) is 3.02. The summed E-state index contributed by atoms with van der Waals surface area (Å²) in [6, 6.07) is 26.7. The van der Waals surface area contributed by atoms with Gasteiger partial charge in [0.1, 0.15) is 5.75 Å². The van der Waals surface area contributed by atoms with Crippen LogP contribution in [0.15, 0.2) is 84.0 Å². The Balaban J connectivity index is 1.66. The normalized spacial score (nSPS) is 11.2. The highest BCUT2D eigenvalue weighted by atomic mass is 16.5. The Morgan fingerprint density at radius 1 is 0.800 bits per heavy atom. The van der Waals surface area contributed by atoms with Crippen molar-refractivity contribution in [2.75, 3.05) is 12.5 Å². The summed E-state index contributed by atoms with van der Waals surface area (Å²) in [4.78, 5) is 0. The lowest BCUT2D eigenvalue weighted by Gasteiger charge is -2.08. The van der Waals surface area contributed by atoms with Crippen molar-refractivity contribution in [3.63, 3.8) is 0 Å². The fraction of sp³-hybridized carbons (Fsp3) is 0.0455. The second-order valence-electron chi connectivity index (χ2n) is 5.83. The van der Waals surface area contributed by atoms with Crippen molar-refractivity contribution >= 4 is 33.4 Å². The molecule has 3 nitrogen and oxygen atoms in total. The van der Waals surface area contributed by atoms with Gasteiger partial charge in [-0.15, -0.1) is 0 Å². The van der Waals surface area contributed by atoms with E-state index in [0.717, 1.165) is 27.8 Å². The van der Waals surface area contributed by atoms with Crippen molar-refractivity contribution < 1.29 is 4.74 Å². The van der Waals surface area contributed by atoms with Gasteiger partial charge < -0.3 is 4.74 Å². The second kappa shape index (κ2) is 6.65. The van der Waals surface area contributed by atoms with Crippen LogP contribution in [0.5, 0.6) is 5.75 Å². The number of hydrazone groups is 1. The summed E-state index contributed by atoms with van der Waals surface area (Å²) in [5.41, 5.74) is 5.03. The van der Waals surface area contributed by atoms with E-state index in [1.54, 1.807) is 7.11 Å². The summed E-state index contributed by atoms with van der Waals surface area (Å²) in [7, 11) is 1.68. The van der Waals surface area contributed by atoms with Crippen LogP contribution in [-0.2, 0) is 0 Å². The number of nitrogens with zero attached hydrogens (tertiary/aromatic N) is 1. The van der Waals surface area contributed by atoms with Gasteiger partial charge in [-0.2, -0.15) is 5.10 Å². The van der Waals surface area contributed by atoms with Crippen molar-refractivity contribution in [2.24, 2.45) is 5.10 Å². The summed E-state index contributed by atoms with van der Waals surface area (Å²) in [6.07, 6.45) is 1.82. The van der Waals surface area contributed by atoms with E-state index in [2.05, 4.69) is 53.0 Å². The SMILES string of the molecule is COc1ccc2ccccc2c1/C=N\Nc1ccc2ccccc2c1. The number of rotatable bonds is 4. The summed E-state index contributed by atoms with van der Waals surface area (Å²) in [5, 5.41) is 9.10. The number of ether oxygens (including phenoxy) is 1. The van der Waals surface area contributed by atoms with Gasteiger partial charge in [0, 0.05) is 5.56 Å². The topological polar surface area (TPSA) is 33.6 Å². The number of fused-ring (bicyclic) bond motifs is 2. The third-order valence-corrected chi connectivity index (χ3v) is 4.29. The molecule has 0 aromatic heterocycles. The Bertz CT molecular complexity index is 1070. The zero-order valence-corrected chi connectivity index (χ0v) is 13.9. The van der Waals surface area contributed by atoms with Crippen LogP contribution in [0.2, 0.25) is 0 Å². The third kappa shape index (κ3) is 3.04. The number of hydrogen-bond donors (Lipinski definition) is 1. The lowest BCUT2D eigenvalue weighted by molar-refractivity contribution is 0.415. The zero-order valence-electron chi connectivity index (χ0n) is 13.9. The number of nitrogens with one attached hydrogen (secondary N) is 1. The molecule has 4 aromatic rings. The van der Waals surface area contributed by atoms with E-state index in [1.165, 1.54) is 10.8 Å². The Morgan fingerprint density at radius 2 is 1.52 bits per heavy atom. The van der Waals surface area contributed by atoms with E-state index in [1.807, 2.05) is 42.6 Å². The first-order valence-electron chi connectivity index (χ1n) is 8.19. The van der Waals surface area contributed by atoms with Crippen LogP contribution in [0.1, 0.15) is 5.56 Å². The molecule has 4 aromatic carbocycles. The first kappa shape index (κ1) is 15.2. The van der Waals surface area contributed by atoms with Gasteiger partial charge in [0.2, 0.25) is 0 Å². The molecular formula is C22H18N2O. The van der Waals surface area contributed by atoms with Crippen LogP contribution in [0.25, 0.3) is 21.5 Å². The minimum atomic E-state index is 0.808. The minimum Gasteiger partial charge on any atom is -0.496 e. The molecular weight excluding hydrogens is 308 g/mol. The monoisotopic (exact) mass is 326 g/mol. The molecule has 0 saturated heterocycles. The summed E-state index contributed by atoms with van der Waals surface area (Å²) in [6.45, 7) is 0. The van der Waals surface area contributed by atoms with Crippen LogP contribution in [0, 0.1) is 0 Å². The van der Waals surface area contributed by atoms with Crippen molar-refractivity contribution in [3.8, 4) is 5.75 Å². The van der Waals surface area contributed by atoms with Crippen LogP contribution < -0.4 is 10.2 Å². The Morgan fingerprint density at radius 3 is 2.36 bits per heavy atom. The van der Waals surface area contributed by atoms with Crippen LogP contribution >= 0.6 is 0 Å². The maximum absolute atomic E-state index is 5.49. The molecule has 0 heterocycles. The molecule has 0 saturated carbocycles. The van der Waals surface area contributed by atoms with E-state index in [4.69, 9.17) is 4.74 Å². The molecule has 0 aliphatic heterocycles. The van der Waals surface area contributed by atoms with Crippen molar-refractivity contribution in [1.29, 1.82) is 0 Å². The Hall–Kier alpha value is -3.33. The van der Waals surface area contributed by atoms with E-state index in [0.29, 0.717) is 0 Å². The molecule has 122 valence electrons. The van der Waals surface area contributed by atoms with Gasteiger partial charge in [0.05, 0.1) is 19.0 Å². The number of benzene rings is 4. The molecule has 0 spiro atoms. The van der Waals surface area contributed by atoms with Gasteiger partial charge in [-0.25, -0.2) is 0 Å². The molecule has 0 bridgehead atoms. The lowest BCUT2D eigenvalue weighted by Crippen LogP contribution is -1.95. The standard InChI is InChI=1S/C22H18N2O/c1-25-22-13-11-17-7-4-5-9-20(17)21(22)15-23-24-19-12-10-16-6-2-3-8-18(16)14-19/h2-15,24H,1H3/b23-15-.